The number of hydrogen-bond acceptors (Lipinski definition) is 2. The van der Waals surface area contributed by atoms with E-state index in [0.29, 0.717) is 12.3 Å². The van der Waals surface area contributed by atoms with Gasteiger partial charge in [-0.3, -0.25) is 0 Å². The summed E-state index contributed by atoms with van der Waals surface area (Å²) in [4.78, 5) is 0. The number of ether oxygens (including phenoxy) is 1. The van der Waals surface area contributed by atoms with Crippen molar-refractivity contribution in [1.29, 1.82) is 0 Å². The van der Waals surface area contributed by atoms with Crippen molar-refractivity contribution >= 4 is 0 Å². The summed E-state index contributed by atoms with van der Waals surface area (Å²) in [6, 6.07) is 4.07. The monoisotopic (exact) mass is 256 g/mol. The SMILES string of the molecule is OC(Cc1cccc(F)c1F)CC1CCOCC1. The van der Waals surface area contributed by atoms with Crippen molar-refractivity contribution in [3.05, 3.63) is 35.4 Å². The minimum absolute atomic E-state index is 0.168. The van der Waals surface area contributed by atoms with E-state index >= 15 is 0 Å². The Kier molecular flexibility index (Phi) is 4.66. The van der Waals surface area contributed by atoms with E-state index in [4.69, 9.17) is 4.74 Å². The minimum Gasteiger partial charge on any atom is -0.393 e. The third-order valence-corrected chi connectivity index (χ3v) is 3.43. The van der Waals surface area contributed by atoms with Gasteiger partial charge in [0.2, 0.25) is 0 Å². The number of benzene rings is 1. The van der Waals surface area contributed by atoms with Gasteiger partial charge in [0.05, 0.1) is 6.10 Å². The molecule has 0 bridgehead atoms. The van der Waals surface area contributed by atoms with Crippen LogP contribution in [0.4, 0.5) is 8.78 Å². The van der Waals surface area contributed by atoms with Crippen molar-refractivity contribution < 1.29 is 18.6 Å². The lowest BCUT2D eigenvalue weighted by Crippen LogP contribution is -2.22. The molecule has 4 heteroatoms. The van der Waals surface area contributed by atoms with Gasteiger partial charge < -0.3 is 9.84 Å². The first kappa shape index (κ1) is 13.4. The molecule has 18 heavy (non-hydrogen) atoms. The Bertz CT molecular complexity index is 389. The molecule has 0 aromatic heterocycles. The van der Waals surface area contributed by atoms with Crippen LogP contribution in [0.1, 0.15) is 24.8 Å². The van der Waals surface area contributed by atoms with E-state index in [1.165, 1.54) is 12.1 Å². The van der Waals surface area contributed by atoms with Crippen molar-refractivity contribution in [2.24, 2.45) is 5.92 Å². The van der Waals surface area contributed by atoms with E-state index in [0.717, 1.165) is 32.1 Å². The number of rotatable bonds is 4. The summed E-state index contributed by atoms with van der Waals surface area (Å²) in [6.07, 6.45) is 2.04. The van der Waals surface area contributed by atoms with Crippen molar-refractivity contribution in [1.82, 2.24) is 0 Å². The van der Waals surface area contributed by atoms with Gasteiger partial charge in [-0.2, -0.15) is 0 Å². The molecule has 1 unspecified atom stereocenters. The normalized spacial score (nSPS) is 18.8. The van der Waals surface area contributed by atoms with Crippen molar-refractivity contribution in [2.45, 2.75) is 31.8 Å². The van der Waals surface area contributed by atoms with Gasteiger partial charge in [0.15, 0.2) is 11.6 Å². The fourth-order valence-corrected chi connectivity index (χ4v) is 2.41. The largest absolute Gasteiger partial charge is 0.393 e. The summed E-state index contributed by atoms with van der Waals surface area (Å²) in [6.45, 7) is 1.46. The van der Waals surface area contributed by atoms with Crippen LogP contribution < -0.4 is 0 Å². The van der Waals surface area contributed by atoms with E-state index in [1.54, 1.807) is 0 Å². The lowest BCUT2D eigenvalue weighted by molar-refractivity contribution is 0.0437. The first-order valence-corrected chi connectivity index (χ1v) is 6.35. The van der Waals surface area contributed by atoms with Crippen molar-refractivity contribution in [3.63, 3.8) is 0 Å². The Morgan fingerprint density at radius 2 is 2.00 bits per heavy atom. The number of aliphatic hydroxyl groups excluding tert-OH is 1. The molecule has 0 aliphatic carbocycles. The van der Waals surface area contributed by atoms with Gasteiger partial charge >= 0.3 is 0 Å². The van der Waals surface area contributed by atoms with Crippen LogP contribution in [-0.2, 0) is 11.2 Å². The zero-order chi connectivity index (χ0) is 13.0. The molecule has 1 aromatic rings. The van der Waals surface area contributed by atoms with E-state index in [9.17, 15) is 13.9 Å². The predicted octanol–water partition coefficient (Wildman–Crippen LogP) is 2.68. The number of halogens is 2. The van der Waals surface area contributed by atoms with Crippen LogP contribution in [0.3, 0.4) is 0 Å². The second kappa shape index (κ2) is 6.25. The Morgan fingerprint density at radius 3 is 2.72 bits per heavy atom. The van der Waals surface area contributed by atoms with Crippen LogP contribution in [0.15, 0.2) is 18.2 Å². The Hall–Kier alpha value is -1.00. The van der Waals surface area contributed by atoms with Gasteiger partial charge in [0, 0.05) is 19.6 Å². The summed E-state index contributed by atoms with van der Waals surface area (Å²) in [7, 11) is 0. The van der Waals surface area contributed by atoms with E-state index in [-0.39, 0.29) is 12.0 Å². The molecule has 0 spiro atoms. The topological polar surface area (TPSA) is 29.5 Å². The molecule has 1 saturated heterocycles. The quantitative estimate of drug-likeness (QED) is 0.897. The van der Waals surface area contributed by atoms with Gasteiger partial charge in [-0.05, 0) is 36.8 Å². The molecule has 1 aliphatic rings. The van der Waals surface area contributed by atoms with E-state index < -0.39 is 17.7 Å². The molecule has 2 nitrogen and oxygen atoms in total. The summed E-state index contributed by atoms with van der Waals surface area (Å²) in [5.74, 6) is -1.28. The molecular formula is C14H18F2O2. The summed E-state index contributed by atoms with van der Waals surface area (Å²) in [5.41, 5.74) is 0.245. The average molecular weight is 256 g/mol. The molecule has 1 heterocycles. The van der Waals surface area contributed by atoms with Crippen LogP contribution in [-0.4, -0.2) is 24.4 Å². The minimum atomic E-state index is -0.856. The highest BCUT2D eigenvalue weighted by molar-refractivity contribution is 5.19. The van der Waals surface area contributed by atoms with Crippen LogP contribution in [0.5, 0.6) is 0 Å². The van der Waals surface area contributed by atoms with Gasteiger partial charge in [0.25, 0.3) is 0 Å². The van der Waals surface area contributed by atoms with Crippen LogP contribution in [0, 0.1) is 17.6 Å². The Morgan fingerprint density at radius 1 is 1.28 bits per heavy atom. The summed E-state index contributed by atoms with van der Waals surface area (Å²) in [5, 5.41) is 9.94. The van der Waals surface area contributed by atoms with Crippen LogP contribution >= 0.6 is 0 Å². The number of aliphatic hydroxyl groups is 1. The second-order valence-corrected chi connectivity index (χ2v) is 4.86. The predicted molar refractivity (Wildman–Crippen MR) is 64.2 cm³/mol. The number of hydrogen-bond donors (Lipinski definition) is 1. The maximum atomic E-state index is 13.4. The van der Waals surface area contributed by atoms with Crippen LogP contribution in [0.25, 0.3) is 0 Å². The molecule has 2 rings (SSSR count). The lowest BCUT2D eigenvalue weighted by atomic mass is 9.91. The van der Waals surface area contributed by atoms with Gasteiger partial charge in [-0.1, -0.05) is 12.1 Å². The fourth-order valence-electron chi connectivity index (χ4n) is 2.41. The van der Waals surface area contributed by atoms with Gasteiger partial charge in [0.1, 0.15) is 0 Å². The Labute approximate surface area is 106 Å². The van der Waals surface area contributed by atoms with Crippen LogP contribution in [0.2, 0.25) is 0 Å². The highest BCUT2D eigenvalue weighted by Gasteiger charge is 2.19. The fraction of sp³-hybridized carbons (Fsp3) is 0.571. The first-order chi connectivity index (χ1) is 8.66. The van der Waals surface area contributed by atoms with E-state index in [1.807, 2.05) is 0 Å². The van der Waals surface area contributed by atoms with E-state index in [2.05, 4.69) is 0 Å². The van der Waals surface area contributed by atoms with Gasteiger partial charge in [-0.15, -0.1) is 0 Å². The van der Waals surface area contributed by atoms with Gasteiger partial charge in [-0.25, -0.2) is 8.78 Å². The third kappa shape index (κ3) is 3.50. The maximum Gasteiger partial charge on any atom is 0.162 e. The molecule has 1 aliphatic heterocycles. The van der Waals surface area contributed by atoms with Crippen molar-refractivity contribution in [2.75, 3.05) is 13.2 Å². The van der Waals surface area contributed by atoms with Crippen molar-refractivity contribution in [3.8, 4) is 0 Å². The molecule has 0 saturated carbocycles. The smallest absolute Gasteiger partial charge is 0.162 e. The second-order valence-electron chi connectivity index (χ2n) is 4.86. The summed E-state index contributed by atoms with van der Waals surface area (Å²) < 4.78 is 31.7. The zero-order valence-corrected chi connectivity index (χ0v) is 10.2. The molecule has 1 N–H and O–H groups in total. The molecule has 100 valence electrons. The molecule has 1 atom stereocenters. The molecule has 0 radical (unpaired) electrons. The molecule has 0 amide bonds. The summed E-state index contributed by atoms with van der Waals surface area (Å²) >= 11 is 0. The molecule has 1 fully saturated rings. The third-order valence-electron chi connectivity index (χ3n) is 3.43. The highest BCUT2D eigenvalue weighted by atomic mass is 19.2. The standard InChI is InChI=1S/C14H18F2O2/c15-13-3-1-2-11(14(13)16)9-12(17)8-10-4-6-18-7-5-10/h1-3,10,12,17H,4-9H2. The first-order valence-electron chi connectivity index (χ1n) is 6.35. The molecule has 1 aromatic carbocycles. The average Bonchev–Trinajstić information content (AvgIpc) is 2.36. The lowest BCUT2D eigenvalue weighted by Gasteiger charge is -2.24. The molecular weight excluding hydrogens is 238 g/mol. The Balaban J connectivity index is 1.90. The maximum absolute atomic E-state index is 13.4. The zero-order valence-electron chi connectivity index (χ0n) is 10.2. The highest BCUT2D eigenvalue weighted by Crippen LogP contribution is 2.22.